The molecule has 0 radical (unpaired) electrons. The van der Waals surface area contributed by atoms with Gasteiger partial charge in [0, 0.05) is 5.69 Å². The highest BCUT2D eigenvalue weighted by Crippen LogP contribution is 2.19. The van der Waals surface area contributed by atoms with Crippen molar-refractivity contribution >= 4 is 39.1 Å². The second kappa shape index (κ2) is 4.71. The summed E-state index contributed by atoms with van der Waals surface area (Å²) in [5.74, 6) is -0.258. The first-order valence-electron chi connectivity index (χ1n) is 4.52. The molecule has 0 spiro atoms. The van der Waals surface area contributed by atoms with E-state index in [0.717, 1.165) is 22.8 Å². The van der Waals surface area contributed by atoms with Gasteiger partial charge in [-0.15, -0.1) is 5.10 Å². The van der Waals surface area contributed by atoms with Crippen molar-refractivity contribution in [2.24, 2.45) is 0 Å². The maximum Gasteiger partial charge on any atom is 0.278 e. The maximum absolute atomic E-state index is 11.8. The van der Waals surface area contributed by atoms with Gasteiger partial charge >= 0.3 is 0 Å². The molecule has 0 fully saturated rings. The third-order valence-electron chi connectivity index (χ3n) is 1.94. The normalized spacial score (nSPS) is 10.1. The number of carbonyl (C=O) groups excluding carboxylic acids is 1. The van der Waals surface area contributed by atoms with Crippen molar-refractivity contribution in [3.63, 3.8) is 0 Å². The summed E-state index contributed by atoms with van der Waals surface area (Å²) < 4.78 is 4.32. The van der Waals surface area contributed by atoms with E-state index in [0.29, 0.717) is 9.48 Å². The van der Waals surface area contributed by atoms with Crippen molar-refractivity contribution in [1.82, 2.24) is 9.59 Å². The Bertz CT molecular complexity index is 526. The van der Waals surface area contributed by atoms with Gasteiger partial charge in [0.15, 0.2) is 5.69 Å². The van der Waals surface area contributed by atoms with Crippen LogP contribution in [0.15, 0.2) is 28.1 Å². The average Bonchev–Trinajstić information content (AvgIpc) is 2.64. The van der Waals surface area contributed by atoms with Crippen molar-refractivity contribution in [3.8, 4) is 0 Å². The van der Waals surface area contributed by atoms with Gasteiger partial charge in [0.1, 0.15) is 3.79 Å². The topological polar surface area (TPSA) is 54.9 Å². The molecule has 6 heteroatoms. The number of carbonyl (C=O) groups is 1. The fourth-order valence-electron chi connectivity index (χ4n) is 1.23. The Morgan fingerprint density at radius 1 is 1.50 bits per heavy atom. The zero-order valence-electron chi connectivity index (χ0n) is 8.40. The van der Waals surface area contributed by atoms with Crippen LogP contribution in [0.1, 0.15) is 16.1 Å². The number of aromatic nitrogens is 2. The van der Waals surface area contributed by atoms with Crippen molar-refractivity contribution in [1.29, 1.82) is 0 Å². The zero-order valence-corrected chi connectivity index (χ0v) is 10.8. The molecule has 0 aliphatic rings. The van der Waals surface area contributed by atoms with E-state index in [4.69, 9.17) is 0 Å². The quantitative estimate of drug-likeness (QED) is 0.927. The lowest BCUT2D eigenvalue weighted by atomic mass is 10.2. The van der Waals surface area contributed by atoms with E-state index in [1.165, 1.54) is 0 Å². The number of benzene rings is 1. The molecule has 0 atom stereocenters. The molecule has 1 heterocycles. The number of hydrogen-bond acceptors (Lipinski definition) is 4. The van der Waals surface area contributed by atoms with Gasteiger partial charge in [0.05, 0.1) is 0 Å². The zero-order chi connectivity index (χ0) is 11.5. The molecule has 2 rings (SSSR count). The van der Waals surface area contributed by atoms with Crippen LogP contribution < -0.4 is 5.32 Å². The summed E-state index contributed by atoms with van der Waals surface area (Å²) in [6, 6.07) is 7.58. The van der Waals surface area contributed by atoms with E-state index < -0.39 is 0 Å². The van der Waals surface area contributed by atoms with Gasteiger partial charge in [0.2, 0.25) is 0 Å². The monoisotopic (exact) mass is 297 g/mol. The highest BCUT2D eigenvalue weighted by Gasteiger charge is 2.14. The first kappa shape index (κ1) is 11.2. The molecule has 1 aromatic heterocycles. The Balaban J connectivity index is 2.17. The van der Waals surface area contributed by atoms with E-state index >= 15 is 0 Å². The molecule has 0 saturated carbocycles. The van der Waals surface area contributed by atoms with Gasteiger partial charge in [0.25, 0.3) is 5.91 Å². The molecule has 2 aromatic rings. The van der Waals surface area contributed by atoms with Crippen LogP contribution in [0.3, 0.4) is 0 Å². The summed E-state index contributed by atoms with van der Waals surface area (Å²) >= 11 is 4.37. The second-order valence-corrected chi connectivity index (χ2v) is 5.29. The minimum Gasteiger partial charge on any atom is -0.321 e. The largest absolute Gasteiger partial charge is 0.321 e. The number of aryl methyl sites for hydroxylation is 1. The number of rotatable bonds is 2. The van der Waals surface area contributed by atoms with Crippen LogP contribution in [0.25, 0.3) is 0 Å². The molecule has 1 amide bonds. The molecule has 0 bridgehead atoms. The number of nitrogens with zero attached hydrogens (tertiary/aromatic N) is 2. The van der Waals surface area contributed by atoms with E-state index in [-0.39, 0.29) is 5.91 Å². The average molecular weight is 298 g/mol. The molecular formula is C10H8BrN3OS. The second-order valence-electron chi connectivity index (χ2n) is 3.22. The standard InChI is InChI=1S/C10H8BrN3OS/c1-6-3-2-4-7(5-6)12-10(15)8-9(11)16-14-13-8/h2-5H,1H3,(H,12,15). The predicted molar refractivity (Wildman–Crippen MR) is 66.7 cm³/mol. The number of nitrogens with one attached hydrogen (secondary N) is 1. The smallest absolute Gasteiger partial charge is 0.278 e. The number of hydrogen-bond donors (Lipinski definition) is 1. The Labute approximate surface area is 105 Å². The Morgan fingerprint density at radius 3 is 2.94 bits per heavy atom. The number of halogens is 1. The van der Waals surface area contributed by atoms with Crippen molar-refractivity contribution < 1.29 is 4.79 Å². The lowest BCUT2D eigenvalue weighted by Gasteiger charge is -2.03. The summed E-state index contributed by atoms with van der Waals surface area (Å²) in [4.78, 5) is 11.8. The Kier molecular flexibility index (Phi) is 3.31. The van der Waals surface area contributed by atoms with Gasteiger partial charge in [-0.1, -0.05) is 16.6 Å². The van der Waals surface area contributed by atoms with Gasteiger partial charge < -0.3 is 5.32 Å². The summed E-state index contributed by atoms with van der Waals surface area (Å²) in [6.07, 6.45) is 0. The van der Waals surface area contributed by atoms with Gasteiger partial charge in [-0.05, 0) is 52.1 Å². The molecule has 4 nitrogen and oxygen atoms in total. The van der Waals surface area contributed by atoms with Crippen molar-refractivity contribution in [2.45, 2.75) is 6.92 Å². The highest BCUT2D eigenvalue weighted by atomic mass is 79.9. The van der Waals surface area contributed by atoms with E-state index in [9.17, 15) is 4.79 Å². The maximum atomic E-state index is 11.8. The van der Waals surface area contributed by atoms with Crippen LogP contribution in [-0.2, 0) is 0 Å². The molecule has 1 aromatic carbocycles. The summed E-state index contributed by atoms with van der Waals surface area (Å²) in [5.41, 5.74) is 2.16. The van der Waals surface area contributed by atoms with Crippen LogP contribution >= 0.6 is 27.5 Å². The summed E-state index contributed by atoms with van der Waals surface area (Å²) in [7, 11) is 0. The molecule has 0 unspecified atom stereocenters. The van der Waals surface area contributed by atoms with E-state index in [1.54, 1.807) is 0 Å². The molecule has 0 saturated heterocycles. The Hall–Kier alpha value is -1.27. The minimum atomic E-state index is -0.258. The van der Waals surface area contributed by atoms with Crippen molar-refractivity contribution in [2.75, 3.05) is 5.32 Å². The fraction of sp³-hybridized carbons (Fsp3) is 0.100. The van der Waals surface area contributed by atoms with Gasteiger partial charge in [-0.2, -0.15) is 0 Å². The van der Waals surface area contributed by atoms with Crippen LogP contribution in [0.2, 0.25) is 0 Å². The Morgan fingerprint density at radius 2 is 2.31 bits per heavy atom. The van der Waals surface area contributed by atoms with Gasteiger partial charge in [-0.3, -0.25) is 4.79 Å². The first-order chi connectivity index (χ1) is 7.66. The number of anilines is 1. The van der Waals surface area contributed by atoms with Crippen molar-refractivity contribution in [3.05, 3.63) is 39.3 Å². The van der Waals surface area contributed by atoms with Crippen LogP contribution in [0.5, 0.6) is 0 Å². The first-order valence-corrected chi connectivity index (χ1v) is 6.09. The fourth-order valence-corrected chi connectivity index (χ4v) is 2.10. The molecule has 16 heavy (non-hydrogen) atoms. The molecular weight excluding hydrogens is 290 g/mol. The number of amides is 1. The van der Waals surface area contributed by atoms with Crippen LogP contribution in [0, 0.1) is 6.92 Å². The predicted octanol–water partition coefficient (Wildman–Crippen LogP) is 2.86. The summed E-state index contributed by atoms with van der Waals surface area (Å²) in [6.45, 7) is 1.97. The van der Waals surface area contributed by atoms with Gasteiger partial charge in [-0.25, -0.2) is 0 Å². The van der Waals surface area contributed by atoms with E-state index in [2.05, 4.69) is 30.8 Å². The lowest BCUT2D eigenvalue weighted by Crippen LogP contribution is -2.12. The molecule has 0 aliphatic carbocycles. The highest BCUT2D eigenvalue weighted by molar-refractivity contribution is 9.11. The SMILES string of the molecule is Cc1cccc(NC(=O)c2nnsc2Br)c1. The van der Waals surface area contributed by atoms with Crippen LogP contribution in [-0.4, -0.2) is 15.5 Å². The minimum absolute atomic E-state index is 0.258. The molecule has 82 valence electrons. The molecule has 0 aliphatic heterocycles. The van der Waals surface area contributed by atoms with E-state index in [1.807, 2.05) is 31.2 Å². The summed E-state index contributed by atoms with van der Waals surface area (Å²) in [5, 5.41) is 6.51. The third kappa shape index (κ3) is 2.45. The lowest BCUT2D eigenvalue weighted by molar-refractivity contribution is 0.102. The van der Waals surface area contributed by atoms with Crippen LogP contribution in [0.4, 0.5) is 5.69 Å². The third-order valence-corrected chi connectivity index (χ3v) is 3.27. The molecule has 1 N–H and O–H groups in total.